The second kappa shape index (κ2) is 5.35. The van der Waals surface area contributed by atoms with Crippen LogP contribution in [0, 0.1) is 0 Å². The predicted octanol–water partition coefficient (Wildman–Crippen LogP) is 3.19. The van der Waals surface area contributed by atoms with Crippen molar-refractivity contribution in [1.82, 2.24) is 9.88 Å². The van der Waals surface area contributed by atoms with Gasteiger partial charge in [-0.2, -0.15) is 0 Å². The summed E-state index contributed by atoms with van der Waals surface area (Å²) in [6, 6.07) is 14.1. The third-order valence-electron chi connectivity index (χ3n) is 4.06. The molecule has 5 heteroatoms. The second-order valence-corrected chi connectivity index (χ2v) is 5.46. The van der Waals surface area contributed by atoms with Gasteiger partial charge in [0.2, 0.25) is 0 Å². The van der Waals surface area contributed by atoms with Crippen LogP contribution in [0.3, 0.4) is 0 Å². The number of urea groups is 1. The Morgan fingerprint density at radius 3 is 2.68 bits per heavy atom. The van der Waals surface area contributed by atoms with E-state index >= 15 is 0 Å². The molecule has 0 unspecified atom stereocenters. The Kier molecular flexibility index (Phi) is 3.20. The number of carbonyl (C=O) groups is 1. The number of H-pyrrole nitrogens is 1. The van der Waals surface area contributed by atoms with Crippen LogP contribution in [-0.2, 0) is 4.74 Å². The molecule has 1 aliphatic rings. The van der Waals surface area contributed by atoms with Crippen molar-refractivity contribution < 1.29 is 9.53 Å². The van der Waals surface area contributed by atoms with Crippen molar-refractivity contribution >= 4 is 33.5 Å². The number of benzene rings is 2. The van der Waals surface area contributed by atoms with Crippen molar-refractivity contribution in [3.8, 4) is 0 Å². The number of nitrogens with one attached hydrogen (secondary N) is 2. The summed E-state index contributed by atoms with van der Waals surface area (Å²) in [7, 11) is 0. The number of rotatable bonds is 1. The van der Waals surface area contributed by atoms with Gasteiger partial charge in [0.15, 0.2) is 0 Å². The number of nitrogens with zero attached hydrogens (tertiary/aromatic N) is 1. The summed E-state index contributed by atoms with van der Waals surface area (Å²) in [6.07, 6.45) is 0. The summed E-state index contributed by atoms with van der Waals surface area (Å²) in [5.74, 6) is 0. The fourth-order valence-electron chi connectivity index (χ4n) is 2.89. The maximum atomic E-state index is 12.3. The van der Waals surface area contributed by atoms with Crippen LogP contribution < -0.4 is 5.32 Å². The molecule has 2 heterocycles. The molecule has 0 saturated carbocycles. The van der Waals surface area contributed by atoms with E-state index in [9.17, 15) is 4.79 Å². The number of hydrogen-bond acceptors (Lipinski definition) is 2. The lowest BCUT2D eigenvalue weighted by atomic mass is 10.1. The normalized spacial score (nSPS) is 15.4. The van der Waals surface area contributed by atoms with Crippen molar-refractivity contribution in [2.24, 2.45) is 0 Å². The number of aromatic nitrogens is 1. The van der Waals surface area contributed by atoms with E-state index in [4.69, 9.17) is 4.74 Å². The largest absolute Gasteiger partial charge is 0.378 e. The number of ether oxygens (including phenoxy) is 1. The van der Waals surface area contributed by atoms with Crippen LogP contribution in [0.1, 0.15) is 0 Å². The highest BCUT2D eigenvalue weighted by Crippen LogP contribution is 2.27. The molecule has 2 aromatic carbocycles. The molecule has 3 aromatic rings. The number of para-hydroxylation sites is 1. The zero-order chi connectivity index (χ0) is 14.9. The van der Waals surface area contributed by atoms with Crippen molar-refractivity contribution in [3.05, 3.63) is 42.5 Å². The van der Waals surface area contributed by atoms with Gasteiger partial charge >= 0.3 is 6.03 Å². The molecule has 0 atom stereocenters. The molecular weight excluding hydrogens is 278 g/mol. The third kappa shape index (κ3) is 2.29. The average molecular weight is 295 g/mol. The number of aromatic amines is 1. The topological polar surface area (TPSA) is 57.4 Å². The maximum Gasteiger partial charge on any atom is 0.321 e. The van der Waals surface area contributed by atoms with Crippen molar-refractivity contribution in [2.75, 3.05) is 31.6 Å². The molecule has 5 nitrogen and oxygen atoms in total. The van der Waals surface area contributed by atoms with Gasteiger partial charge in [-0.05, 0) is 24.3 Å². The first-order valence-corrected chi connectivity index (χ1v) is 7.45. The molecule has 4 rings (SSSR count). The van der Waals surface area contributed by atoms with Crippen LogP contribution >= 0.6 is 0 Å². The monoisotopic (exact) mass is 295 g/mol. The minimum Gasteiger partial charge on any atom is -0.378 e. The van der Waals surface area contributed by atoms with E-state index < -0.39 is 0 Å². The number of anilines is 1. The Hall–Kier alpha value is -2.53. The average Bonchev–Trinajstić information content (AvgIpc) is 2.94. The molecule has 1 fully saturated rings. The van der Waals surface area contributed by atoms with Crippen LogP contribution in [0.2, 0.25) is 0 Å². The fraction of sp³-hybridized carbons (Fsp3) is 0.235. The number of morpholine rings is 1. The van der Waals surface area contributed by atoms with Crippen LogP contribution in [0.5, 0.6) is 0 Å². The Bertz CT molecular complexity index is 834. The highest BCUT2D eigenvalue weighted by atomic mass is 16.5. The minimum atomic E-state index is -0.0671. The molecule has 0 spiro atoms. The van der Waals surface area contributed by atoms with E-state index in [1.54, 1.807) is 4.90 Å². The summed E-state index contributed by atoms with van der Waals surface area (Å²) >= 11 is 0. The van der Waals surface area contributed by atoms with Crippen molar-refractivity contribution in [2.45, 2.75) is 0 Å². The molecular formula is C17H17N3O2. The summed E-state index contributed by atoms with van der Waals surface area (Å²) in [5.41, 5.74) is 2.99. The lowest BCUT2D eigenvalue weighted by Gasteiger charge is -2.26. The molecule has 0 aliphatic carbocycles. The maximum absolute atomic E-state index is 12.3. The van der Waals surface area contributed by atoms with Crippen LogP contribution in [-0.4, -0.2) is 42.2 Å². The molecule has 112 valence electrons. The molecule has 1 aromatic heterocycles. The van der Waals surface area contributed by atoms with E-state index in [1.165, 1.54) is 5.39 Å². The summed E-state index contributed by atoms with van der Waals surface area (Å²) in [4.78, 5) is 17.4. The molecule has 2 N–H and O–H groups in total. The second-order valence-electron chi connectivity index (χ2n) is 5.46. The van der Waals surface area contributed by atoms with Crippen molar-refractivity contribution in [1.29, 1.82) is 0 Å². The number of hydrogen-bond donors (Lipinski definition) is 2. The Morgan fingerprint density at radius 2 is 1.82 bits per heavy atom. The smallest absolute Gasteiger partial charge is 0.321 e. The van der Waals surface area contributed by atoms with Gasteiger partial charge < -0.3 is 19.9 Å². The van der Waals surface area contributed by atoms with Gasteiger partial charge in [0.05, 0.1) is 13.2 Å². The third-order valence-corrected chi connectivity index (χ3v) is 4.06. The molecule has 1 saturated heterocycles. The first kappa shape index (κ1) is 13.2. The first-order chi connectivity index (χ1) is 10.8. The summed E-state index contributed by atoms with van der Waals surface area (Å²) in [6.45, 7) is 2.49. The van der Waals surface area contributed by atoms with Gasteiger partial charge in [-0.25, -0.2) is 4.79 Å². The van der Waals surface area contributed by atoms with Gasteiger partial charge in [0.25, 0.3) is 0 Å². The van der Waals surface area contributed by atoms with E-state index in [0.717, 1.165) is 22.1 Å². The van der Waals surface area contributed by atoms with Crippen molar-refractivity contribution in [3.63, 3.8) is 0 Å². The highest BCUT2D eigenvalue weighted by molar-refractivity contribution is 6.08. The van der Waals surface area contributed by atoms with Gasteiger partial charge in [-0.15, -0.1) is 0 Å². The molecule has 22 heavy (non-hydrogen) atoms. The predicted molar refractivity (Wildman–Crippen MR) is 87.2 cm³/mol. The SMILES string of the molecule is O=C(Nc1ccc2[nH]c3ccccc3c2c1)N1CCOCC1. The zero-order valence-electron chi connectivity index (χ0n) is 12.1. The minimum absolute atomic E-state index is 0.0671. The lowest BCUT2D eigenvalue weighted by Crippen LogP contribution is -2.43. The Balaban J connectivity index is 1.64. The van der Waals surface area contributed by atoms with Gasteiger partial charge in [-0.3, -0.25) is 0 Å². The van der Waals surface area contributed by atoms with Gasteiger partial charge in [-0.1, -0.05) is 18.2 Å². The first-order valence-electron chi connectivity index (χ1n) is 7.45. The molecule has 2 amide bonds. The van der Waals surface area contributed by atoms with E-state index in [1.807, 2.05) is 30.3 Å². The van der Waals surface area contributed by atoms with Crippen LogP contribution in [0.15, 0.2) is 42.5 Å². The number of carbonyl (C=O) groups excluding carboxylic acids is 1. The quantitative estimate of drug-likeness (QED) is 0.724. The van der Waals surface area contributed by atoms with Gasteiger partial charge in [0, 0.05) is 40.6 Å². The Morgan fingerprint density at radius 1 is 1.05 bits per heavy atom. The summed E-state index contributed by atoms with van der Waals surface area (Å²) in [5, 5.41) is 5.26. The van der Waals surface area contributed by atoms with E-state index in [0.29, 0.717) is 26.3 Å². The number of amides is 2. The zero-order valence-corrected chi connectivity index (χ0v) is 12.1. The fourth-order valence-corrected chi connectivity index (χ4v) is 2.89. The molecule has 0 bridgehead atoms. The van der Waals surface area contributed by atoms with Crippen LogP contribution in [0.4, 0.5) is 10.5 Å². The lowest BCUT2D eigenvalue weighted by molar-refractivity contribution is 0.0564. The van der Waals surface area contributed by atoms with E-state index in [-0.39, 0.29) is 6.03 Å². The van der Waals surface area contributed by atoms with E-state index in [2.05, 4.69) is 22.4 Å². The van der Waals surface area contributed by atoms with Gasteiger partial charge in [0.1, 0.15) is 0 Å². The summed E-state index contributed by atoms with van der Waals surface area (Å²) < 4.78 is 5.27. The van der Waals surface area contributed by atoms with Crippen LogP contribution in [0.25, 0.3) is 21.8 Å². The number of fused-ring (bicyclic) bond motifs is 3. The molecule has 0 radical (unpaired) electrons. The molecule has 1 aliphatic heterocycles. The Labute approximate surface area is 127 Å². The highest BCUT2D eigenvalue weighted by Gasteiger charge is 2.17. The standard InChI is InChI=1S/C17H17N3O2/c21-17(20-7-9-22-10-8-20)18-12-5-6-16-14(11-12)13-3-1-2-4-15(13)19-16/h1-6,11,19H,7-10H2,(H,18,21).